The Morgan fingerprint density at radius 1 is 1.43 bits per heavy atom. The summed E-state index contributed by atoms with van der Waals surface area (Å²) in [7, 11) is 0. The Bertz CT molecular complexity index is 565. The van der Waals surface area contributed by atoms with E-state index in [4.69, 9.17) is 5.11 Å². The van der Waals surface area contributed by atoms with Crippen LogP contribution in [0.5, 0.6) is 0 Å². The Morgan fingerprint density at radius 2 is 2.14 bits per heavy atom. The molecule has 21 heavy (non-hydrogen) atoms. The number of alkyl halides is 2. The zero-order valence-electron chi connectivity index (χ0n) is 11.0. The van der Waals surface area contributed by atoms with Gasteiger partial charge < -0.3 is 10.4 Å². The van der Waals surface area contributed by atoms with E-state index in [1.54, 1.807) is 0 Å². The number of hydrogen-bond donors (Lipinski definition) is 2. The fourth-order valence-corrected chi connectivity index (χ4v) is 2.53. The zero-order valence-corrected chi connectivity index (χ0v) is 11.0. The van der Waals surface area contributed by atoms with Gasteiger partial charge in [-0.25, -0.2) is 8.78 Å². The number of hydrogen-bond acceptors (Lipinski definition) is 4. The molecule has 114 valence electrons. The molecule has 0 radical (unpaired) electrons. The van der Waals surface area contributed by atoms with Gasteiger partial charge in [0.05, 0.1) is 10.8 Å². The Hall–Kier alpha value is -2.25. The van der Waals surface area contributed by atoms with Crippen LogP contribution in [-0.2, 0) is 4.79 Å². The molecule has 0 heterocycles. The minimum Gasteiger partial charge on any atom is -0.481 e. The van der Waals surface area contributed by atoms with Crippen LogP contribution >= 0.6 is 0 Å². The summed E-state index contributed by atoms with van der Waals surface area (Å²) in [6.07, 6.45) is -1.43. The minimum atomic E-state index is -2.84. The topological polar surface area (TPSA) is 92.5 Å². The fraction of sp³-hybridized carbons (Fsp3) is 0.462. The summed E-state index contributed by atoms with van der Waals surface area (Å²) in [6.45, 7) is 0. The molecule has 1 saturated carbocycles. The lowest BCUT2D eigenvalue weighted by molar-refractivity contribution is -0.385. The summed E-state index contributed by atoms with van der Waals surface area (Å²) < 4.78 is 26.0. The molecule has 1 aliphatic carbocycles. The lowest BCUT2D eigenvalue weighted by atomic mass is 10.1. The number of carboxylic acids is 1. The van der Waals surface area contributed by atoms with Gasteiger partial charge in [-0.3, -0.25) is 14.9 Å². The lowest BCUT2D eigenvalue weighted by Crippen LogP contribution is -2.18. The van der Waals surface area contributed by atoms with Crippen molar-refractivity contribution in [1.82, 2.24) is 0 Å². The van der Waals surface area contributed by atoms with Gasteiger partial charge in [-0.05, 0) is 25.3 Å². The second kappa shape index (κ2) is 6.02. The third-order valence-electron chi connectivity index (χ3n) is 3.62. The Labute approximate surface area is 118 Å². The highest BCUT2D eigenvalue weighted by atomic mass is 19.3. The maximum absolute atomic E-state index is 13.0. The molecule has 1 aromatic carbocycles. The number of carbonyl (C=O) groups is 1. The van der Waals surface area contributed by atoms with Gasteiger partial charge >= 0.3 is 5.97 Å². The number of non-ortho nitro benzene ring substituents is 1. The van der Waals surface area contributed by atoms with Gasteiger partial charge in [-0.1, -0.05) is 0 Å². The number of nitro groups is 1. The SMILES string of the molecule is O=C(O)C1CCC(Nc2ccc([N+](=O)[O-])cc2C(F)F)C1. The van der Waals surface area contributed by atoms with E-state index in [2.05, 4.69) is 5.32 Å². The molecule has 0 bridgehead atoms. The van der Waals surface area contributed by atoms with E-state index in [1.165, 1.54) is 6.07 Å². The summed E-state index contributed by atoms with van der Waals surface area (Å²) in [5, 5.41) is 22.4. The summed E-state index contributed by atoms with van der Waals surface area (Å²) >= 11 is 0. The van der Waals surface area contributed by atoms with Crippen LogP contribution in [-0.4, -0.2) is 22.0 Å². The number of benzene rings is 1. The van der Waals surface area contributed by atoms with Crippen molar-refractivity contribution in [3.63, 3.8) is 0 Å². The van der Waals surface area contributed by atoms with Crippen molar-refractivity contribution in [2.45, 2.75) is 31.7 Å². The van der Waals surface area contributed by atoms with Crippen LogP contribution in [0.4, 0.5) is 20.2 Å². The van der Waals surface area contributed by atoms with Crippen molar-refractivity contribution in [2.24, 2.45) is 5.92 Å². The van der Waals surface area contributed by atoms with Crippen LogP contribution in [0, 0.1) is 16.0 Å². The third kappa shape index (κ3) is 3.45. The molecule has 2 rings (SSSR count). The van der Waals surface area contributed by atoms with Crippen LogP contribution < -0.4 is 5.32 Å². The first kappa shape index (κ1) is 15.1. The van der Waals surface area contributed by atoms with Crippen molar-refractivity contribution < 1.29 is 23.6 Å². The lowest BCUT2D eigenvalue weighted by Gasteiger charge is -2.17. The molecule has 0 aromatic heterocycles. The standard InChI is InChI=1S/C13H14F2N2O4/c14-12(15)10-6-9(17(20)21)3-4-11(10)16-8-2-1-7(5-8)13(18)19/h3-4,6-8,12,16H,1-2,5H2,(H,18,19). The highest BCUT2D eigenvalue weighted by Crippen LogP contribution is 2.34. The van der Waals surface area contributed by atoms with Crippen LogP contribution in [0.1, 0.15) is 31.3 Å². The van der Waals surface area contributed by atoms with E-state index in [0.29, 0.717) is 19.3 Å². The Morgan fingerprint density at radius 3 is 2.67 bits per heavy atom. The second-order valence-corrected chi connectivity index (χ2v) is 5.02. The first-order valence-electron chi connectivity index (χ1n) is 6.44. The number of nitro benzene ring substituents is 1. The minimum absolute atomic E-state index is 0.117. The molecule has 0 saturated heterocycles. The van der Waals surface area contributed by atoms with E-state index in [1.807, 2.05) is 0 Å². The molecular weight excluding hydrogens is 286 g/mol. The second-order valence-electron chi connectivity index (χ2n) is 5.02. The maximum Gasteiger partial charge on any atom is 0.306 e. The molecule has 1 fully saturated rings. The maximum atomic E-state index is 13.0. The molecule has 2 N–H and O–H groups in total. The first-order valence-corrected chi connectivity index (χ1v) is 6.44. The van der Waals surface area contributed by atoms with Crippen molar-refractivity contribution in [2.75, 3.05) is 5.32 Å². The fourth-order valence-electron chi connectivity index (χ4n) is 2.53. The zero-order chi connectivity index (χ0) is 15.6. The van der Waals surface area contributed by atoms with Gasteiger partial charge in [0.15, 0.2) is 0 Å². The smallest absolute Gasteiger partial charge is 0.306 e. The molecule has 2 unspecified atom stereocenters. The number of nitrogens with one attached hydrogen (secondary N) is 1. The van der Waals surface area contributed by atoms with E-state index >= 15 is 0 Å². The largest absolute Gasteiger partial charge is 0.481 e. The van der Waals surface area contributed by atoms with Gasteiger partial charge in [-0.2, -0.15) is 0 Å². The van der Waals surface area contributed by atoms with Crippen LogP contribution in [0.2, 0.25) is 0 Å². The molecule has 6 nitrogen and oxygen atoms in total. The molecule has 2 atom stereocenters. The number of anilines is 1. The molecule has 8 heteroatoms. The highest BCUT2D eigenvalue weighted by Gasteiger charge is 2.30. The van der Waals surface area contributed by atoms with Gasteiger partial charge in [0.25, 0.3) is 12.1 Å². The number of carboxylic acid groups (broad SMARTS) is 1. The van der Waals surface area contributed by atoms with E-state index in [0.717, 1.165) is 12.1 Å². The monoisotopic (exact) mass is 300 g/mol. The normalized spacial score (nSPS) is 21.5. The summed E-state index contributed by atoms with van der Waals surface area (Å²) in [6, 6.07) is 3.02. The van der Waals surface area contributed by atoms with Crippen LogP contribution in [0.15, 0.2) is 18.2 Å². The van der Waals surface area contributed by atoms with Gasteiger partial charge in [0.1, 0.15) is 0 Å². The molecule has 1 aliphatic rings. The molecule has 0 amide bonds. The van der Waals surface area contributed by atoms with Crippen molar-refractivity contribution >= 4 is 17.3 Å². The summed E-state index contributed by atoms with van der Waals surface area (Å²) in [5.41, 5.74) is -0.722. The average molecular weight is 300 g/mol. The molecule has 0 aliphatic heterocycles. The average Bonchev–Trinajstić information content (AvgIpc) is 2.87. The van der Waals surface area contributed by atoms with Gasteiger partial charge in [-0.15, -0.1) is 0 Å². The number of halogens is 2. The van der Waals surface area contributed by atoms with Crippen molar-refractivity contribution in [3.8, 4) is 0 Å². The summed E-state index contributed by atoms with van der Waals surface area (Å²) in [4.78, 5) is 20.8. The predicted octanol–water partition coefficient (Wildman–Crippen LogP) is 3.20. The Balaban J connectivity index is 2.16. The molecule has 0 spiro atoms. The van der Waals surface area contributed by atoms with Crippen molar-refractivity contribution in [1.29, 1.82) is 0 Å². The van der Waals surface area contributed by atoms with Gasteiger partial charge in [0, 0.05) is 29.4 Å². The number of aliphatic carboxylic acids is 1. The Kier molecular flexibility index (Phi) is 4.35. The number of nitrogens with zero attached hydrogens (tertiary/aromatic N) is 1. The van der Waals surface area contributed by atoms with E-state index < -0.39 is 34.5 Å². The van der Waals surface area contributed by atoms with Crippen LogP contribution in [0.25, 0.3) is 0 Å². The van der Waals surface area contributed by atoms with Crippen LogP contribution in [0.3, 0.4) is 0 Å². The number of rotatable bonds is 5. The molecular formula is C13H14F2N2O4. The third-order valence-corrected chi connectivity index (χ3v) is 3.62. The quantitative estimate of drug-likeness (QED) is 0.643. The predicted molar refractivity (Wildman–Crippen MR) is 70.4 cm³/mol. The first-order chi connectivity index (χ1) is 9.88. The highest BCUT2D eigenvalue weighted by molar-refractivity contribution is 5.70. The van der Waals surface area contributed by atoms with Gasteiger partial charge in [0.2, 0.25) is 0 Å². The molecule has 1 aromatic rings. The van der Waals surface area contributed by atoms with Crippen molar-refractivity contribution in [3.05, 3.63) is 33.9 Å². The van der Waals surface area contributed by atoms with E-state index in [-0.39, 0.29) is 11.7 Å². The van der Waals surface area contributed by atoms with E-state index in [9.17, 15) is 23.7 Å². The summed E-state index contributed by atoms with van der Waals surface area (Å²) in [5.74, 6) is -1.37.